The summed E-state index contributed by atoms with van der Waals surface area (Å²) in [6.07, 6.45) is 7.71. The van der Waals surface area contributed by atoms with Gasteiger partial charge in [-0.2, -0.15) is 0 Å². The average molecular weight is 396 g/mol. The van der Waals surface area contributed by atoms with Crippen molar-refractivity contribution in [1.82, 2.24) is 5.32 Å². The molecule has 152 valence electrons. The lowest BCUT2D eigenvalue weighted by molar-refractivity contribution is -0.116. The lowest BCUT2D eigenvalue weighted by Crippen LogP contribution is -2.29. The normalized spacial score (nSPS) is 14.6. The van der Waals surface area contributed by atoms with Crippen LogP contribution in [0, 0.1) is 0 Å². The number of nitrogens with one attached hydrogen (secondary N) is 1. The van der Waals surface area contributed by atoms with E-state index in [1.807, 2.05) is 66.7 Å². The van der Waals surface area contributed by atoms with E-state index in [-0.39, 0.29) is 11.9 Å². The number of hydrogen-bond acceptors (Lipinski definition) is 1. The lowest BCUT2D eigenvalue weighted by Gasteiger charge is -2.22. The van der Waals surface area contributed by atoms with E-state index in [1.54, 1.807) is 0 Å². The number of aryl methyl sites for hydroxylation is 2. The molecule has 2 heteroatoms. The van der Waals surface area contributed by atoms with Gasteiger partial charge in [-0.3, -0.25) is 4.79 Å². The van der Waals surface area contributed by atoms with Crippen molar-refractivity contribution in [3.8, 4) is 0 Å². The smallest absolute Gasteiger partial charge is 0.252 e. The van der Waals surface area contributed by atoms with Gasteiger partial charge in [0.15, 0.2) is 0 Å². The van der Waals surface area contributed by atoms with Crippen LogP contribution in [-0.4, -0.2) is 5.91 Å². The van der Waals surface area contributed by atoms with Crippen LogP contribution in [0.25, 0.3) is 11.6 Å². The first-order valence-corrected chi connectivity index (χ1v) is 11.0. The molecule has 1 N–H and O–H groups in total. The first kappa shape index (κ1) is 20.2. The predicted molar refractivity (Wildman–Crippen MR) is 125 cm³/mol. The summed E-state index contributed by atoms with van der Waals surface area (Å²) in [5.74, 6) is -0.0328. The van der Waals surface area contributed by atoms with Crippen LogP contribution in [0.3, 0.4) is 0 Å². The summed E-state index contributed by atoms with van der Waals surface area (Å²) < 4.78 is 0. The maximum absolute atomic E-state index is 13.4. The lowest BCUT2D eigenvalue weighted by atomic mass is 9.88. The second-order valence-electron chi connectivity index (χ2n) is 8.00. The number of carbonyl (C=O) groups is 1. The van der Waals surface area contributed by atoms with Crippen LogP contribution >= 0.6 is 0 Å². The van der Waals surface area contributed by atoms with Gasteiger partial charge in [0.1, 0.15) is 0 Å². The number of rotatable bonds is 6. The quantitative estimate of drug-likeness (QED) is 0.381. The maximum Gasteiger partial charge on any atom is 0.252 e. The molecule has 1 aliphatic rings. The molecular formula is C28H29NO. The number of carbonyl (C=O) groups excluding carboxylic acids is 1. The molecule has 1 amide bonds. The van der Waals surface area contributed by atoms with Crippen molar-refractivity contribution >= 4 is 17.6 Å². The van der Waals surface area contributed by atoms with Crippen molar-refractivity contribution in [1.29, 1.82) is 0 Å². The zero-order valence-corrected chi connectivity index (χ0v) is 17.6. The van der Waals surface area contributed by atoms with Gasteiger partial charge in [0, 0.05) is 5.57 Å². The Morgan fingerprint density at radius 3 is 2.27 bits per heavy atom. The molecule has 30 heavy (non-hydrogen) atoms. The highest BCUT2D eigenvalue weighted by Crippen LogP contribution is 2.27. The fourth-order valence-electron chi connectivity index (χ4n) is 4.24. The molecule has 0 spiro atoms. The summed E-state index contributed by atoms with van der Waals surface area (Å²) in [7, 11) is 0. The van der Waals surface area contributed by atoms with Crippen LogP contribution in [0.2, 0.25) is 0 Å². The van der Waals surface area contributed by atoms with Crippen molar-refractivity contribution in [2.75, 3.05) is 0 Å². The topological polar surface area (TPSA) is 29.1 Å². The summed E-state index contributed by atoms with van der Waals surface area (Å²) in [6, 6.07) is 26.7. The van der Waals surface area contributed by atoms with Gasteiger partial charge in [-0.05, 0) is 66.0 Å². The summed E-state index contributed by atoms with van der Waals surface area (Å²) in [6.45, 7) is 2.13. The largest absolute Gasteiger partial charge is 0.345 e. The summed E-state index contributed by atoms with van der Waals surface area (Å²) in [5, 5.41) is 3.30. The Labute approximate surface area is 179 Å². The number of hydrogen-bond donors (Lipinski definition) is 1. The molecule has 1 atom stereocenters. The molecule has 0 aliphatic heterocycles. The van der Waals surface area contributed by atoms with Crippen LogP contribution in [0.4, 0.5) is 0 Å². The molecular weight excluding hydrogens is 366 g/mol. The van der Waals surface area contributed by atoms with Crippen LogP contribution in [0.5, 0.6) is 0 Å². The number of amides is 1. The van der Waals surface area contributed by atoms with E-state index < -0.39 is 0 Å². The second-order valence-corrected chi connectivity index (χ2v) is 8.00. The molecule has 0 fully saturated rings. The third kappa shape index (κ3) is 4.71. The van der Waals surface area contributed by atoms with Gasteiger partial charge in [0.05, 0.1) is 6.04 Å². The molecule has 0 aromatic heterocycles. The van der Waals surface area contributed by atoms with Gasteiger partial charge >= 0.3 is 0 Å². The fourth-order valence-corrected chi connectivity index (χ4v) is 4.24. The molecule has 0 saturated carbocycles. The fraction of sp³-hybridized carbons (Fsp3) is 0.250. The minimum Gasteiger partial charge on any atom is -0.345 e. The van der Waals surface area contributed by atoms with E-state index in [2.05, 4.69) is 30.4 Å². The first-order valence-electron chi connectivity index (χ1n) is 11.0. The molecule has 1 aliphatic carbocycles. The molecule has 0 saturated heterocycles. The van der Waals surface area contributed by atoms with Gasteiger partial charge < -0.3 is 5.32 Å². The van der Waals surface area contributed by atoms with Gasteiger partial charge in [0.2, 0.25) is 0 Å². The Hall–Kier alpha value is -3.13. The van der Waals surface area contributed by atoms with Crippen LogP contribution in [0.1, 0.15) is 60.0 Å². The van der Waals surface area contributed by atoms with Gasteiger partial charge in [-0.15, -0.1) is 0 Å². The van der Waals surface area contributed by atoms with E-state index in [9.17, 15) is 4.79 Å². The zero-order chi connectivity index (χ0) is 20.8. The summed E-state index contributed by atoms with van der Waals surface area (Å²) in [5.41, 5.74) is 6.78. The van der Waals surface area contributed by atoms with Crippen LogP contribution in [0.15, 0.2) is 78.9 Å². The standard InChI is InChI=1S/C28H29NO/c1-2-27(25-18-17-22-13-9-10-16-24(22)20-25)29-28(30)26(23-14-7-4-8-15-23)19-21-11-5-3-6-12-21/h3-8,11-12,14-15,17-20,27H,2,9-10,13,16H2,1H3,(H,29,30)/b26-19+/t27-/m0/s1. The predicted octanol–water partition coefficient (Wildman–Crippen LogP) is 6.37. The zero-order valence-electron chi connectivity index (χ0n) is 17.6. The van der Waals surface area contributed by atoms with Gasteiger partial charge in [-0.25, -0.2) is 0 Å². The molecule has 4 rings (SSSR count). The Kier molecular flexibility index (Phi) is 6.44. The van der Waals surface area contributed by atoms with E-state index in [4.69, 9.17) is 0 Å². The van der Waals surface area contributed by atoms with Crippen molar-refractivity contribution in [3.05, 3.63) is 107 Å². The summed E-state index contributed by atoms with van der Waals surface area (Å²) in [4.78, 5) is 13.4. The van der Waals surface area contributed by atoms with Gasteiger partial charge in [-0.1, -0.05) is 85.8 Å². The van der Waals surface area contributed by atoms with E-state index in [0.29, 0.717) is 5.57 Å². The van der Waals surface area contributed by atoms with E-state index in [1.165, 1.54) is 36.0 Å². The molecule has 0 unspecified atom stereocenters. The molecule has 3 aromatic carbocycles. The Bertz CT molecular complexity index is 1020. The first-order chi connectivity index (χ1) is 14.7. The Balaban J connectivity index is 1.62. The summed E-state index contributed by atoms with van der Waals surface area (Å²) >= 11 is 0. The minimum atomic E-state index is -0.0328. The third-order valence-corrected chi connectivity index (χ3v) is 5.93. The maximum atomic E-state index is 13.4. The molecule has 2 nitrogen and oxygen atoms in total. The monoisotopic (exact) mass is 395 g/mol. The second kappa shape index (κ2) is 9.58. The third-order valence-electron chi connectivity index (χ3n) is 5.93. The van der Waals surface area contributed by atoms with Crippen molar-refractivity contribution < 1.29 is 4.79 Å². The highest BCUT2D eigenvalue weighted by molar-refractivity contribution is 6.24. The van der Waals surface area contributed by atoms with E-state index in [0.717, 1.165) is 24.0 Å². The van der Waals surface area contributed by atoms with Crippen molar-refractivity contribution in [2.24, 2.45) is 0 Å². The molecule has 0 radical (unpaired) electrons. The Morgan fingerprint density at radius 2 is 1.57 bits per heavy atom. The highest BCUT2D eigenvalue weighted by Gasteiger charge is 2.19. The Morgan fingerprint density at radius 1 is 0.900 bits per heavy atom. The van der Waals surface area contributed by atoms with Crippen LogP contribution in [-0.2, 0) is 17.6 Å². The SMILES string of the molecule is CC[C@H](NC(=O)/C(=C/c1ccccc1)c1ccccc1)c1ccc2c(c1)CCCC2. The number of fused-ring (bicyclic) bond motifs is 1. The average Bonchev–Trinajstić information content (AvgIpc) is 2.81. The molecule has 0 bridgehead atoms. The highest BCUT2D eigenvalue weighted by atomic mass is 16.1. The van der Waals surface area contributed by atoms with Crippen molar-refractivity contribution in [2.45, 2.75) is 45.1 Å². The van der Waals surface area contributed by atoms with E-state index >= 15 is 0 Å². The molecule has 0 heterocycles. The van der Waals surface area contributed by atoms with Crippen LogP contribution < -0.4 is 5.32 Å². The minimum absolute atomic E-state index is 0.00705. The number of benzene rings is 3. The van der Waals surface area contributed by atoms with Crippen molar-refractivity contribution in [3.63, 3.8) is 0 Å². The van der Waals surface area contributed by atoms with Gasteiger partial charge in [0.25, 0.3) is 5.91 Å². The molecule has 3 aromatic rings.